The third-order valence-electron chi connectivity index (χ3n) is 11.9. The van der Waals surface area contributed by atoms with Gasteiger partial charge in [0.25, 0.3) is 0 Å². The summed E-state index contributed by atoms with van der Waals surface area (Å²) in [6, 6.07) is 6.05. The SMILES string of the molecule is CCc1c(F)ccc2cc(O)cc(-c3nc(OC)c4c(N5CC(CO)OCC(C)(O)C5)nc(OCC56CCCC5N(CC5COC5)CCC6)nc4c3F)c12. The third kappa shape index (κ3) is 6.69. The molecule has 3 saturated heterocycles. The number of hydrogen-bond donors (Lipinski definition) is 3. The van der Waals surface area contributed by atoms with E-state index < -0.39 is 23.3 Å². The van der Waals surface area contributed by atoms with Crippen LogP contribution in [0, 0.1) is 23.0 Å². The summed E-state index contributed by atoms with van der Waals surface area (Å²) < 4.78 is 56.3. The highest BCUT2D eigenvalue weighted by atomic mass is 19.1. The van der Waals surface area contributed by atoms with Crippen molar-refractivity contribution in [1.29, 1.82) is 0 Å². The minimum Gasteiger partial charge on any atom is -0.508 e. The monoisotopic (exact) mass is 749 g/mol. The largest absolute Gasteiger partial charge is 0.508 e. The van der Waals surface area contributed by atoms with Crippen LogP contribution in [0.1, 0.15) is 51.5 Å². The molecule has 0 bridgehead atoms. The van der Waals surface area contributed by atoms with Crippen molar-refractivity contribution in [2.45, 2.75) is 70.1 Å². The van der Waals surface area contributed by atoms with Crippen LogP contribution in [0.15, 0.2) is 24.3 Å². The average molecular weight is 750 g/mol. The number of rotatable bonds is 10. The molecule has 4 unspecified atom stereocenters. The smallest absolute Gasteiger partial charge is 0.319 e. The van der Waals surface area contributed by atoms with Gasteiger partial charge in [-0.3, -0.25) is 4.90 Å². The molecule has 54 heavy (non-hydrogen) atoms. The van der Waals surface area contributed by atoms with E-state index in [9.17, 15) is 15.3 Å². The fourth-order valence-corrected chi connectivity index (χ4v) is 9.30. The lowest BCUT2D eigenvalue weighted by Crippen LogP contribution is -2.54. The van der Waals surface area contributed by atoms with Gasteiger partial charge in [0, 0.05) is 36.0 Å². The maximum Gasteiger partial charge on any atom is 0.319 e. The molecule has 0 spiro atoms. The van der Waals surface area contributed by atoms with E-state index in [4.69, 9.17) is 28.9 Å². The number of aliphatic hydroxyl groups is 2. The van der Waals surface area contributed by atoms with Gasteiger partial charge >= 0.3 is 6.01 Å². The number of anilines is 1. The van der Waals surface area contributed by atoms with Crippen molar-refractivity contribution < 1.29 is 43.0 Å². The highest BCUT2D eigenvalue weighted by Gasteiger charge is 2.49. The number of aryl methyl sites for hydroxylation is 1. The Kier molecular flexibility index (Phi) is 10.0. The number of hydrogen-bond acceptors (Lipinski definition) is 12. The lowest BCUT2D eigenvalue weighted by atomic mass is 9.75. The van der Waals surface area contributed by atoms with Crippen LogP contribution in [0.4, 0.5) is 14.6 Å². The summed E-state index contributed by atoms with van der Waals surface area (Å²) >= 11 is 0. The Balaban J connectivity index is 1.28. The molecule has 2 aromatic carbocycles. The molecule has 4 fully saturated rings. The molecule has 4 aliphatic rings. The first-order valence-corrected chi connectivity index (χ1v) is 19.1. The van der Waals surface area contributed by atoms with Gasteiger partial charge in [-0.25, -0.2) is 13.8 Å². The van der Waals surface area contributed by atoms with E-state index in [0.717, 1.165) is 58.4 Å². The molecule has 3 aliphatic heterocycles. The second kappa shape index (κ2) is 14.6. The molecule has 8 rings (SSSR count). The fourth-order valence-electron chi connectivity index (χ4n) is 9.30. The van der Waals surface area contributed by atoms with Crippen LogP contribution < -0.4 is 14.4 Å². The number of benzene rings is 2. The van der Waals surface area contributed by atoms with Crippen molar-refractivity contribution in [1.82, 2.24) is 19.9 Å². The molecule has 14 heteroatoms. The second-order valence-electron chi connectivity index (χ2n) is 15.9. The standard InChI is InChI=1S/C40H49F2N5O7/c1-4-27-29(41)9-8-24-13-25(49)14-28(31(24)27)34-33(42)35-32(37(43-34)51-3)36(47-16-26(17-48)53-21-39(2,50)20-47)45-38(44-35)54-22-40-10-5-7-30(40)46(12-6-11-40)15-23-18-52-19-23/h8-9,13-14,23,26,30,48-50H,4-7,10-12,15-22H2,1-3H3. The Bertz CT molecular complexity index is 2050. The predicted molar refractivity (Wildman–Crippen MR) is 198 cm³/mol. The predicted octanol–water partition coefficient (Wildman–Crippen LogP) is 5.01. The van der Waals surface area contributed by atoms with Crippen LogP contribution in [0.25, 0.3) is 32.9 Å². The maximum absolute atomic E-state index is 17.4. The van der Waals surface area contributed by atoms with Gasteiger partial charge in [-0.15, -0.1) is 0 Å². The average Bonchev–Trinajstić information content (AvgIpc) is 3.51. The first-order valence-electron chi connectivity index (χ1n) is 19.1. The Morgan fingerprint density at radius 2 is 1.89 bits per heavy atom. The minimum absolute atomic E-state index is 0.0170. The number of ether oxygens (including phenoxy) is 4. The van der Waals surface area contributed by atoms with Gasteiger partial charge in [0.2, 0.25) is 5.88 Å². The number of phenolic OH excluding ortho intramolecular Hbond substituents is 1. The summed E-state index contributed by atoms with van der Waals surface area (Å²) in [6.45, 7) is 7.20. The molecule has 12 nitrogen and oxygen atoms in total. The van der Waals surface area contributed by atoms with Crippen LogP contribution in [0.5, 0.6) is 17.6 Å². The third-order valence-corrected chi connectivity index (χ3v) is 11.9. The number of pyridine rings is 1. The topological polar surface area (TPSA) is 143 Å². The summed E-state index contributed by atoms with van der Waals surface area (Å²) in [5, 5.41) is 33.3. The Morgan fingerprint density at radius 3 is 2.63 bits per heavy atom. The van der Waals surface area contributed by atoms with Gasteiger partial charge in [0.15, 0.2) is 5.82 Å². The van der Waals surface area contributed by atoms with Crippen molar-refractivity contribution in [3.05, 3.63) is 41.5 Å². The molecule has 1 aliphatic carbocycles. The minimum atomic E-state index is -1.35. The molecule has 2 aromatic heterocycles. The van der Waals surface area contributed by atoms with Crippen molar-refractivity contribution in [3.8, 4) is 28.9 Å². The molecule has 3 N–H and O–H groups in total. The van der Waals surface area contributed by atoms with Crippen molar-refractivity contribution in [2.24, 2.45) is 11.3 Å². The lowest BCUT2D eigenvalue weighted by Gasteiger charge is -2.48. The van der Waals surface area contributed by atoms with Gasteiger partial charge in [0.05, 0.1) is 52.8 Å². The van der Waals surface area contributed by atoms with E-state index in [2.05, 4.69) is 9.88 Å². The van der Waals surface area contributed by atoms with E-state index in [1.54, 1.807) is 17.9 Å². The number of piperidine rings is 1. The van der Waals surface area contributed by atoms with Gasteiger partial charge in [0.1, 0.15) is 39.6 Å². The van der Waals surface area contributed by atoms with Crippen LogP contribution in [-0.4, -0.2) is 119 Å². The zero-order valence-corrected chi connectivity index (χ0v) is 31.1. The summed E-state index contributed by atoms with van der Waals surface area (Å²) in [4.78, 5) is 18.5. The highest BCUT2D eigenvalue weighted by molar-refractivity contribution is 6.03. The van der Waals surface area contributed by atoms with Gasteiger partial charge in [-0.05, 0) is 80.1 Å². The molecule has 1 saturated carbocycles. The zero-order valence-electron chi connectivity index (χ0n) is 31.1. The Labute approximate surface area is 313 Å². The molecule has 290 valence electrons. The number of nitrogens with zero attached hydrogens (tertiary/aromatic N) is 5. The van der Waals surface area contributed by atoms with Gasteiger partial charge in [-0.2, -0.15) is 9.97 Å². The highest BCUT2D eigenvalue weighted by Crippen LogP contribution is 2.49. The number of phenols is 1. The molecule has 0 radical (unpaired) electrons. The molecule has 4 atom stereocenters. The summed E-state index contributed by atoms with van der Waals surface area (Å²) in [5.74, 6) is -0.705. The van der Waals surface area contributed by atoms with Crippen molar-refractivity contribution in [2.75, 3.05) is 71.2 Å². The van der Waals surface area contributed by atoms with Crippen molar-refractivity contribution >= 4 is 27.5 Å². The van der Waals surface area contributed by atoms with Crippen LogP contribution in [0.3, 0.4) is 0 Å². The fraction of sp³-hybridized carbons (Fsp3) is 0.575. The van der Waals surface area contributed by atoms with Crippen LogP contribution in [-0.2, 0) is 15.9 Å². The van der Waals surface area contributed by atoms with E-state index in [1.165, 1.54) is 25.3 Å². The first-order chi connectivity index (χ1) is 26.0. The van der Waals surface area contributed by atoms with Gasteiger partial charge < -0.3 is 39.2 Å². The van der Waals surface area contributed by atoms with Crippen LogP contribution >= 0.6 is 0 Å². The molecule has 5 heterocycles. The van der Waals surface area contributed by atoms with Crippen LogP contribution in [0.2, 0.25) is 0 Å². The Hall–Kier alpha value is -3.95. The number of fused-ring (bicyclic) bond motifs is 3. The quantitative estimate of drug-likeness (QED) is 0.201. The molecule has 0 amide bonds. The molecule has 4 aromatic rings. The first kappa shape index (κ1) is 37.0. The number of methoxy groups -OCH3 is 1. The maximum atomic E-state index is 17.4. The molecular formula is C40H49F2N5O7. The number of halogens is 2. The summed E-state index contributed by atoms with van der Waals surface area (Å²) in [5.41, 5.74) is -1.27. The number of β-amino-alcohol motifs (C(OH)–C–C–N with tert-alkyl or cyclic N) is 1. The lowest BCUT2D eigenvalue weighted by molar-refractivity contribution is -0.0731. The second-order valence-corrected chi connectivity index (χ2v) is 15.9. The number of aliphatic hydroxyl groups excluding tert-OH is 1. The number of likely N-dealkylation sites (tertiary alicyclic amines) is 1. The zero-order chi connectivity index (χ0) is 37.8. The van der Waals surface area contributed by atoms with E-state index >= 15 is 8.78 Å². The van der Waals surface area contributed by atoms with E-state index in [0.29, 0.717) is 41.3 Å². The molecular weight excluding hydrogens is 700 g/mol. The summed E-state index contributed by atoms with van der Waals surface area (Å²) in [6.07, 6.45) is 4.83. The summed E-state index contributed by atoms with van der Waals surface area (Å²) in [7, 11) is 1.40. The van der Waals surface area contributed by atoms with E-state index in [-0.39, 0.29) is 77.3 Å². The van der Waals surface area contributed by atoms with Gasteiger partial charge in [-0.1, -0.05) is 19.4 Å². The number of aromatic hydroxyl groups is 1. The number of aromatic nitrogens is 3. The van der Waals surface area contributed by atoms with Crippen molar-refractivity contribution in [3.63, 3.8) is 0 Å². The Morgan fingerprint density at radius 1 is 1.07 bits per heavy atom. The van der Waals surface area contributed by atoms with E-state index in [1.807, 2.05) is 6.92 Å². The normalized spacial score (nSPS) is 26.5.